The van der Waals surface area contributed by atoms with Crippen molar-refractivity contribution < 1.29 is 47.5 Å². The van der Waals surface area contributed by atoms with Gasteiger partial charge in [-0.2, -0.15) is 0 Å². The van der Waals surface area contributed by atoms with E-state index in [-0.39, 0.29) is 59.2 Å². The lowest BCUT2D eigenvalue weighted by atomic mass is 10.1. The van der Waals surface area contributed by atoms with E-state index in [1.807, 2.05) is 83.1 Å². The Balaban J connectivity index is 1.97. The molecular formula is C44H62O10. The van der Waals surface area contributed by atoms with Crippen molar-refractivity contribution in [3.63, 3.8) is 0 Å². The van der Waals surface area contributed by atoms with Crippen molar-refractivity contribution in [2.75, 3.05) is 0 Å². The first-order valence-electron chi connectivity index (χ1n) is 19.7. The summed E-state index contributed by atoms with van der Waals surface area (Å²) in [6.45, 7) is 23.8. The van der Waals surface area contributed by atoms with Crippen molar-refractivity contribution in [2.24, 2.45) is 0 Å². The quantitative estimate of drug-likeness (QED) is 0.0727. The minimum Gasteiger partial charge on any atom is -0.490 e. The Morgan fingerprint density at radius 2 is 0.611 bits per heavy atom. The molecule has 0 fully saturated rings. The van der Waals surface area contributed by atoms with Crippen molar-refractivity contribution in [1.82, 2.24) is 0 Å². The molecule has 0 aliphatic heterocycles. The fourth-order valence-corrected chi connectivity index (χ4v) is 4.77. The number of carbonyl (C=O) groups is 2. The van der Waals surface area contributed by atoms with E-state index in [1.165, 1.54) is 0 Å². The average Bonchev–Trinajstić information content (AvgIpc) is 3.14. The maximum absolute atomic E-state index is 13.9. The van der Waals surface area contributed by atoms with Gasteiger partial charge in [0.2, 0.25) is 0 Å². The zero-order valence-electron chi connectivity index (χ0n) is 34.4. The molecule has 0 aliphatic rings. The van der Waals surface area contributed by atoms with Crippen LogP contribution in [0.25, 0.3) is 0 Å². The Hall–Kier alpha value is -4.60. The van der Waals surface area contributed by atoms with E-state index >= 15 is 0 Å². The molecule has 0 aliphatic carbocycles. The van der Waals surface area contributed by atoms with Gasteiger partial charge in [-0.25, -0.2) is 9.59 Å². The largest absolute Gasteiger partial charge is 0.490 e. The van der Waals surface area contributed by atoms with E-state index in [0.29, 0.717) is 34.5 Å². The van der Waals surface area contributed by atoms with Crippen LogP contribution in [0, 0.1) is 0 Å². The van der Waals surface area contributed by atoms with Crippen molar-refractivity contribution in [3.05, 3.63) is 59.7 Å². The molecule has 10 heteroatoms. The Bertz CT molecular complexity index is 1450. The number of hydrogen-bond donors (Lipinski definition) is 0. The summed E-state index contributed by atoms with van der Waals surface area (Å²) in [7, 11) is 0. The summed E-state index contributed by atoms with van der Waals surface area (Å²) in [5.74, 6) is 1.46. The molecule has 0 aromatic heterocycles. The van der Waals surface area contributed by atoms with Crippen molar-refractivity contribution >= 4 is 11.9 Å². The first kappa shape index (κ1) is 43.8. The summed E-state index contributed by atoms with van der Waals surface area (Å²) in [6.07, 6.45) is 3.65. The molecule has 0 amide bonds. The molecular weight excluding hydrogens is 688 g/mol. The van der Waals surface area contributed by atoms with Gasteiger partial charge in [0.25, 0.3) is 0 Å². The Kier molecular flexibility index (Phi) is 17.3. The van der Waals surface area contributed by atoms with Crippen molar-refractivity contribution in [1.29, 1.82) is 0 Å². The smallest absolute Gasteiger partial charge is 0.351 e. The summed E-state index contributed by atoms with van der Waals surface area (Å²) in [5.41, 5.74) is 0.317. The molecule has 3 rings (SSSR count). The lowest BCUT2D eigenvalue weighted by molar-refractivity contribution is 0.0702. The van der Waals surface area contributed by atoms with Crippen molar-refractivity contribution in [2.45, 2.75) is 158 Å². The van der Waals surface area contributed by atoms with Gasteiger partial charge in [-0.05, 0) is 104 Å². The average molecular weight is 751 g/mol. The van der Waals surface area contributed by atoms with Crippen LogP contribution in [-0.2, 0) is 0 Å². The maximum Gasteiger partial charge on any atom is 0.351 e. The zero-order valence-corrected chi connectivity index (χ0v) is 34.4. The first-order valence-corrected chi connectivity index (χ1v) is 19.7. The van der Waals surface area contributed by atoms with Crippen LogP contribution in [0.4, 0.5) is 0 Å². The fraction of sp³-hybridized carbons (Fsp3) is 0.545. The Labute approximate surface area is 322 Å². The van der Waals surface area contributed by atoms with E-state index in [2.05, 4.69) is 0 Å². The van der Waals surface area contributed by atoms with Crippen LogP contribution in [0.3, 0.4) is 0 Å². The van der Waals surface area contributed by atoms with Gasteiger partial charge in [0.05, 0.1) is 36.6 Å². The minimum absolute atomic E-state index is 0.0515. The second kappa shape index (κ2) is 21.3. The van der Waals surface area contributed by atoms with Crippen LogP contribution in [0.15, 0.2) is 48.5 Å². The number of benzene rings is 3. The van der Waals surface area contributed by atoms with E-state index < -0.39 is 11.9 Å². The predicted octanol–water partition coefficient (Wildman–Crippen LogP) is 11.2. The molecule has 0 radical (unpaired) electrons. The number of carbonyl (C=O) groups excluding carboxylic acids is 2. The monoisotopic (exact) mass is 750 g/mol. The van der Waals surface area contributed by atoms with Crippen molar-refractivity contribution in [3.8, 4) is 46.0 Å². The van der Waals surface area contributed by atoms with Crippen LogP contribution in [0.5, 0.6) is 46.0 Å². The lowest BCUT2D eigenvalue weighted by Crippen LogP contribution is -2.20. The molecule has 0 saturated carbocycles. The molecule has 0 saturated heterocycles. The zero-order chi connectivity index (χ0) is 39.9. The van der Waals surface area contributed by atoms with Crippen LogP contribution in [0.2, 0.25) is 0 Å². The highest BCUT2D eigenvalue weighted by atomic mass is 16.6. The Morgan fingerprint density at radius 3 is 0.833 bits per heavy atom. The summed E-state index contributed by atoms with van der Waals surface area (Å²) < 4.78 is 48.9. The van der Waals surface area contributed by atoms with Gasteiger partial charge in [0.15, 0.2) is 0 Å². The second-order valence-electron chi connectivity index (χ2n) is 13.9. The third-order valence-electron chi connectivity index (χ3n) is 9.17. The van der Waals surface area contributed by atoms with Gasteiger partial charge in [0.1, 0.15) is 57.1 Å². The van der Waals surface area contributed by atoms with Gasteiger partial charge < -0.3 is 37.9 Å². The van der Waals surface area contributed by atoms with Gasteiger partial charge in [-0.1, -0.05) is 41.5 Å². The van der Waals surface area contributed by atoms with E-state index in [1.54, 1.807) is 48.5 Å². The number of esters is 2. The van der Waals surface area contributed by atoms with Gasteiger partial charge >= 0.3 is 11.9 Å². The summed E-state index contributed by atoms with van der Waals surface area (Å²) in [6, 6.07) is 13.1. The highest BCUT2D eigenvalue weighted by Gasteiger charge is 2.28. The molecule has 6 atom stereocenters. The number of ether oxygens (including phenoxy) is 8. The minimum atomic E-state index is -0.662. The molecule has 10 nitrogen and oxygen atoms in total. The standard InChI is InChI=1S/C44H62O10/c1-13-27(7)47-35-23-37(49-29(9)15-3)41(38(24-35)50-30(10)16-4)43(45)53-33-19-21-34(22-20-33)54-44(46)42-39(51-31(11)17-5)25-36(48-28(8)14-2)26-40(42)52-32(12)18-6/h19-32H,13-18H2,1-12H3. The number of hydrogen-bond acceptors (Lipinski definition) is 10. The molecule has 0 spiro atoms. The fourth-order valence-electron chi connectivity index (χ4n) is 4.77. The lowest BCUT2D eigenvalue weighted by Gasteiger charge is -2.23. The highest BCUT2D eigenvalue weighted by molar-refractivity contribution is 5.98. The van der Waals surface area contributed by atoms with Gasteiger partial charge in [0, 0.05) is 24.3 Å². The van der Waals surface area contributed by atoms with Crippen LogP contribution in [0.1, 0.15) is 142 Å². The molecule has 3 aromatic carbocycles. The molecule has 3 aromatic rings. The van der Waals surface area contributed by atoms with Gasteiger partial charge in [-0.15, -0.1) is 0 Å². The van der Waals surface area contributed by atoms with Gasteiger partial charge in [-0.3, -0.25) is 0 Å². The predicted molar refractivity (Wildman–Crippen MR) is 212 cm³/mol. The molecule has 0 bridgehead atoms. The van der Waals surface area contributed by atoms with E-state index in [9.17, 15) is 9.59 Å². The van der Waals surface area contributed by atoms with Crippen LogP contribution < -0.4 is 37.9 Å². The molecule has 6 unspecified atom stereocenters. The van der Waals surface area contributed by atoms with E-state index in [4.69, 9.17) is 37.9 Å². The normalized spacial score (nSPS) is 14.4. The number of rotatable bonds is 22. The first-order chi connectivity index (χ1) is 25.7. The van der Waals surface area contributed by atoms with Crippen LogP contribution in [-0.4, -0.2) is 48.6 Å². The molecule has 0 heterocycles. The van der Waals surface area contributed by atoms with Crippen LogP contribution >= 0.6 is 0 Å². The Morgan fingerprint density at radius 1 is 0.389 bits per heavy atom. The SMILES string of the molecule is CCC(C)Oc1cc(OC(C)CC)c(C(=O)Oc2ccc(OC(=O)c3c(OC(C)CC)cc(OC(C)CC)cc3OC(C)CC)cc2)c(OC(C)CC)c1. The molecule has 54 heavy (non-hydrogen) atoms. The summed E-state index contributed by atoms with van der Waals surface area (Å²) >= 11 is 0. The highest BCUT2D eigenvalue weighted by Crippen LogP contribution is 2.39. The summed E-state index contributed by atoms with van der Waals surface area (Å²) in [4.78, 5) is 27.8. The third-order valence-corrected chi connectivity index (χ3v) is 9.17. The topological polar surface area (TPSA) is 108 Å². The maximum atomic E-state index is 13.9. The second-order valence-corrected chi connectivity index (χ2v) is 13.9. The van der Waals surface area contributed by atoms with E-state index in [0.717, 1.165) is 38.5 Å². The third kappa shape index (κ3) is 12.8. The summed E-state index contributed by atoms with van der Waals surface area (Å²) in [5, 5.41) is 0. The molecule has 0 N–H and O–H groups in total. The molecule has 298 valence electrons.